The molecular formula is C5H6N4O3. The Hall–Kier alpha value is -1.92. The number of imide groups is 2. The van der Waals surface area contributed by atoms with Gasteiger partial charge in [-0.05, 0) is 0 Å². The lowest BCUT2D eigenvalue weighted by molar-refractivity contribution is -0.132. The molecule has 1 aliphatic heterocycles. The second kappa shape index (κ2) is 2.99. The molecule has 4 N–H and O–H groups in total. The van der Waals surface area contributed by atoms with Gasteiger partial charge in [0, 0.05) is 6.21 Å². The van der Waals surface area contributed by atoms with E-state index in [9.17, 15) is 14.4 Å². The Labute approximate surface area is 67.0 Å². The van der Waals surface area contributed by atoms with E-state index >= 15 is 0 Å². The number of hydrogen-bond donors (Lipinski definition) is 3. The highest BCUT2D eigenvalue weighted by Crippen LogP contribution is 1.97. The number of carbonyl (C=O) groups excluding carboxylic acids is 3. The van der Waals surface area contributed by atoms with Crippen LogP contribution in [0.2, 0.25) is 0 Å². The molecule has 0 aliphatic carbocycles. The van der Waals surface area contributed by atoms with Gasteiger partial charge in [0.05, 0.1) is 0 Å². The van der Waals surface area contributed by atoms with Gasteiger partial charge in [0.1, 0.15) is 0 Å². The van der Waals surface area contributed by atoms with Gasteiger partial charge in [-0.1, -0.05) is 0 Å². The van der Waals surface area contributed by atoms with E-state index in [0.29, 0.717) is 0 Å². The minimum atomic E-state index is -1.12. The minimum Gasteiger partial charge on any atom is -0.324 e. The number of barbiturate groups is 1. The zero-order valence-corrected chi connectivity index (χ0v) is 5.90. The summed E-state index contributed by atoms with van der Waals surface area (Å²) in [6.45, 7) is 0. The molecule has 0 saturated carbocycles. The standard InChI is InChI=1S/C5H6N4O3/c6-7-1-2-3(10)8-5(12)9-4(2)11/h1-2H,6H2,(H2,8,9,10,11,12)/b7-1+. The molecule has 64 valence electrons. The summed E-state index contributed by atoms with van der Waals surface area (Å²) in [4.78, 5) is 32.2. The summed E-state index contributed by atoms with van der Waals surface area (Å²) >= 11 is 0. The van der Waals surface area contributed by atoms with Crippen molar-refractivity contribution in [2.75, 3.05) is 0 Å². The predicted molar refractivity (Wildman–Crippen MR) is 37.9 cm³/mol. The van der Waals surface area contributed by atoms with E-state index in [-0.39, 0.29) is 0 Å². The molecule has 0 aromatic heterocycles. The largest absolute Gasteiger partial charge is 0.328 e. The van der Waals surface area contributed by atoms with Crippen LogP contribution in [0.25, 0.3) is 0 Å². The van der Waals surface area contributed by atoms with Crippen LogP contribution >= 0.6 is 0 Å². The lowest BCUT2D eigenvalue weighted by atomic mass is 10.1. The molecule has 1 heterocycles. The lowest BCUT2D eigenvalue weighted by Crippen LogP contribution is -2.56. The Morgan fingerprint density at radius 2 is 1.75 bits per heavy atom. The fourth-order valence-corrected chi connectivity index (χ4v) is 0.751. The first kappa shape index (κ1) is 8.18. The Balaban J connectivity index is 2.80. The van der Waals surface area contributed by atoms with Crippen LogP contribution in [-0.4, -0.2) is 24.1 Å². The van der Waals surface area contributed by atoms with Gasteiger partial charge in [-0.15, -0.1) is 0 Å². The van der Waals surface area contributed by atoms with E-state index in [1.165, 1.54) is 0 Å². The van der Waals surface area contributed by atoms with E-state index in [1.807, 2.05) is 10.6 Å². The van der Waals surface area contributed by atoms with Crippen molar-refractivity contribution < 1.29 is 14.4 Å². The van der Waals surface area contributed by atoms with Crippen molar-refractivity contribution >= 4 is 24.1 Å². The number of hydrazone groups is 1. The van der Waals surface area contributed by atoms with Crippen molar-refractivity contribution in [1.29, 1.82) is 0 Å². The monoisotopic (exact) mass is 170 g/mol. The SMILES string of the molecule is N/N=C/C1C(=O)NC(=O)NC1=O. The summed E-state index contributed by atoms with van der Waals surface area (Å²) in [6, 6.07) is -0.827. The number of hydrogen-bond acceptors (Lipinski definition) is 5. The molecule has 1 fully saturated rings. The predicted octanol–water partition coefficient (Wildman–Crippen LogP) is -2.09. The van der Waals surface area contributed by atoms with Crippen LogP contribution in [0.15, 0.2) is 5.10 Å². The maximum atomic E-state index is 10.9. The van der Waals surface area contributed by atoms with Crippen LogP contribution in [0.4, 0.5) is 4.79 Å². The van der Waals surface area contributed by atoms with Gasteiger partial charge in [-0.3, -0.25) is 20.2 Å². The first-order valence-corrected chi connectivity index (χ1v) is 3.04. The lowest BCUT2D eigenvalue weighted by Gasteiger charge is -2.16. The molecule has 0 bridgehead atoms. The van der Waals surface area contributed by atoms with Crippen LogP contribution in [0, 0.1) is 5.92 Å². The van der Waals surface area contributed by atoms with Crippen molar-refractivity contribution in [2.45, 2.75) is 0 Å². The normalized spacial score (nSPS) is 19.5. The molecule has 0 atom stereocenters. The van der Waals surface area contributed by atoms with E-state index < -0.39 is 23.8 Å². The maximum Gasteiger partial charge on any atom is 0.328 e. The zero-order valence-electron chi connectivity index (χ0n) is 5.90. The fourth-order valence-electron chi connectivity index (χ4n) is 0.751. The molecule has 0 spiro atoms. The highest BCUT2D eigenvalue weighted by molar-refractivity contribution is 6.23. The third kappa shape index (κ3) is 1.39. The number of carbonyl (C=O) groups is 3. The minimum absolute atomic E-state index is 0.724. The number of nitrogens with zero attached hydrogens (tertiary/aromatic N) is 1. The zero-order chi connectivity index (χ0) is 9.14. The van der Waals surface area contributed by atoms with Crippen LogP contribution < -0.4 is 16.5 Å². The Morgan fingerprint density at radius 3 is 2.17 bits per heavy atom. The second-order valence-electron chi connectivity index (χ2n) is 2.08. The van der Waals surface area contributed by atoms with Crippen LogP contribution in [0.3, 0.4) is 0 Å². The number of urea groups is 1. The highest BCUT2D eigenvalue weighted by atomic mass is 16.2. The van der Waals surface area contributed by atoms with Gasteiger partial charge in [0.2, 0.25) is 11.8 Å². The average molecular weight is 170 g/mol. The van der Waals surface area contributed by atoms with Crippen molar-refractivity contribution in [3.8, 4) is 0 Å². The fraction of sp³-hybridized carbons (Fsp3) is 0.200. The summed E-state index contributed by atoms with van der Waals surface area (Å²) in [5, 5.41) is 6.80. The third-order valence-corrected chi connectivity index (χ3v) is 1.27. The van der Waals surface area contributed by atoms with E-state index in [0.717, 1.165) is 6.21 Å². The highest BCUT2D eigenvalue weighted by Gasteiger charge is 2.32. The van der Waals surface area contributed by atoms with E-state index in [2.05, 4.69) is 5.10 Å². The Bertz CT molecular complexity index is 252. The number of rotatable bonds is 1. The molecule has 12 heavy (non-hydrogen) atoms. The molecule has 0 radical (unpaired) electrons. The van der Waals surface area contributed by atoms with Crippen molar-refractivity contribution in [1.82, 2.24) is 10.6 Å². The van der Waals surface area contributed by atoms with E-state index in [1.54, 1.807) is 0 Å². The van der Waals surface area contributed by atoms with Gasteiger partial charge in [0.25, 0.3) is 0 Å². The number of amides is 4. The van der Waals surface area contributed by atoms with Gasteiger partial charge >= 0.3 is 6.03 Å². The van der Waals surface area contributed by atoms with Gasteiger partial charge in [-0.2, -0.15) is 5.10 Å². The molecule has 4 amide bonds. The van der Waals surface area contributed by atoms with E-state index in [4.69, 9.17) is 5.84 Å². The molecule has 1 aliphatic rings. The Morgan fingerprint density at radius 1 is 1.25 bits per heavy atom. The van der Waals surface area contributed by atoms with Crippen molar-refractivity contribution in [3.05, 3.63) is 0 Å². The molecule has 1 rings (SSSR count). The average Bonchev–Trinajstić information content (AvgIpc) is 1.96. The summed E-state index contributed by atoms with van der Waals surface area (Å²) in [5.74, 6) is 2.18. The topological polar surface area (TPSA) is 114 Å². The Kier molecular flexibility index (Phi) is 2.04. The van der Waals surface area contributed by atoms with Crippen molar-refractivity contribution in [2.24, 2.45) is 16.9 Å². The first-order chi connectivity index (χ1) is 5.65. The third-order valence-electron chi connectivity index (χ3n) is 1.27. The van der Waals surface area contributed by atoms with Gasteiger partial charge in [0.15, 0.2) is 5.92 Å². The summed E-state index contributed by atoms with van der Waals surface area (Å²) in [6.07, 6.45) is 0.955. The molecule has 7 nitrogen and oxygen atoms in total. The smallest absolute Gasteiger partial charge is 0.324 e. The van der Waals surface area contributed by atoms with Crippen LogP contribution in [0.1, 0.15) is 0 Å². The summed E-state index contributed by atoms with van der Waals surface area (Å²) in [7, 11) is 0. The molecule has 0 aromatic rings. The van der Waals surface area contributed by atoms with Crippen LogP contribution in [0.5, 0.6) is 0 Å². The molecule has 1 saturated heterocycles. The van der Waals surface area contributed by atoms with Gasteiger partial charge in [-0.25, -0.2) is 4.79 Å². The van der Waals surface area contributed by atoms with Crippen molar-refractivity contribution in [3.63, 3.8) is 0 Å². The maximum absolute atomic E-state index is 10.9. The molecule has 0 aromatic carbocycles. The summed E-state index contributed by atoms with van der Waals surface area (Å²) in [5.41, 5.74) is 0. The number of nitrogens with one attached hydrogen (secondary N) is 2. The summed E-state index contributed by atoms with van der Waals surface area (Å²) < 4.78 is 0. The number of nitrogens with two attached hydrogens (primary N) is 1. The molecule has 7 heteroatoms. The molecule has 0 unspecified atom stereocenters. The van der Waals surface area contributed by atoms with Gasteiger partial charge < -0.3 is 5.84 Å². The first-order valence-electron chi connectivity index (χ1n) is 3.04. The van der Waals surface area contributed by atoms with Crippen LogP contribution in [-0.2, 0) is 9.59 Å². The second-order valence-corrected chi connectivity index (χ2v) is 2.08. The molecular weight excluding hydrogens is 164 g/mol. The quantitative estimate of drug-likeness (QED) is 0.181.